The lowest BCUT2D eigenvalue weighted by atomic mass is 10.2. The summed E-state index contributed by atoms with van der Waals surface area (Å²) in [5.41, 5.74) is 0. The summed E-state index contributed by atoms with van der Waals surface area (Å²) in [4.78, 5) is 20.8. The molecule has 0 aromatic rings. The molecule has 0 saturated heterocycles. The predicted molar refractivity (Wildman–Crippen MR) is 38.7 cm³/mol. The Kier molecular flexibility index (Phi) is 4.58. The fourth-order valence-electron chi connectivity index (χ4n) is 0.382. The number of ketones is 2. The van der Waals surface area contributed by atoms with Gasteiger partial charge in [-0.1, -0.05) is 15.9 Å². The number of hydrogen-bond donors (Lipinski definition) is 0. The van der Waals surface area contributed by atoms with Crippen LogP contribution in [0.1, 0.15) is 19.8 Å². The summed E-state index contributed by atoms with van der Waals surface area (Å²) in [7, 11) is 0. The largest absolute Gasteiger partial charge is 0.300 e. The summed E-state index contributed by atoms with van der Waals surface area (Å²) in [6.45, 7) is 1.49. The van der Waals surface area contributed by atoms with Gasteiger partial charge in [0.05, 0.1) is 5.33 Å². The molecule has 0 fully saturated rings. The Hall–Kier alpha value is -0.180. The molecule has 9 heavy (non-hydrogen) atoms. The van der Waals surface area contributed by atoms with Crippen molar-refractivity contribution in [2.75, 3.05) is 5.33 Å². The van der Waals surface area contributed by atoms with E-state index in [1.807, 2.05) is 0 Å². The number of carbonyl (C=O) groups excluding carboxylic acids is 2. The van der Waals surface area contributed by atoms with Crippen LogP contribution in [0.15, 0.2) is 0 Å². The van der Waals surface area contributed by atoms with E-state index in [9.17, 15) is 9.59 Å². The van der Waals surface area contributed by atoms with Crippen LogP contribution >= 0.6 is 15.9 Å². The molecule has 52 valence electrons. The van der Waals surface area contributed by atoms with Crippen LogP contribution in [0.25, 0.3) is 0 Å². The van der Waals surface area contributed by atoms with Crippen LogP contribution < -0.4 is 0 Å². The van der Waals surface area contributed by atoms with Crippen molar-refractivity contribution in [3.05, 3.63) is 0 Å². The highest BCUT2D eigenvalue weighted by molar-refractivity contribution is 9.09. The first-order valence-electron chi connectivity index (χ1n) is 2.74. The normalized spacial score (nSPS) is 9.11. The van der Waals surface area contributed by atoms with E-state index in [-0.39, 0.29) is 11.6 Å². The van der Waals surface area contributed by atoms with E-state index in [4.69, 9.17) is 0 Å². The fraction of sp³-hybridized carbons (Fsp3) is 0.667. The lowest BCUT2D eigenvalue weighted by Crippen LogP contribution is -2.01. The number of Topliss-reactive ketones (excluding diaryl/α,β-unsaturated/α-hetero) is 2. The summed E-state index contributed by atoms with van der Waals surface area (Å²) in [5, 5.41) is 0.361. The molecule has 0 radical (unpaired) electrons. The van der Waals surface area contributed by atoms with Crippen molar-refractivity contribution < 1.29 is 9.59 Å². The second-order valence-corrected chi connectivity index (χ2v) is 2.44. The highest BCUT2D eigenvalue weighted by atomic mass is 79.9. The van der Waals surface area contributed by atoms with Crippen LogP contribution in [-0.2, 0) is 9.59 Å². The number of rotatable bonds is 4. The first-order chi connectivity index (χ1) is 4.16. The van der Waals surface area contributed by atoms with Gasteiger partial charge in [0.2, 0.25) is 0 Å². The lowest BCUT2D eigenvalue weighted by molar-refractivity contribution is -0.121. The lowest BCUT2D eigenvalue weighted by Gasteiger charge is -1.90. The molecule has 3 heteroatoms. The maximum absolute atomic E-state index is 10.5. The zero-order valence-corrected chi connectivity index (χ0v) is 6.90. The van der Waals surface area contributed by atoms with Crippen LogP contribution in [0.3, 0.4) is 0 Å². The van der Waals surface area contributed by atoms with Crippen LogP contribution in [0.5, 0.6) is 0 Å². The van der Waals surface area contributed by atoms with E-state index in [1.54, 1.807) is 0 Å². The number of halogens is 1. The van der Waals surface area contributed by atoms with E-state index in [1.165, 1.54) is 6.92 Å². The molecule has 0 amide bonds. The van der Waals surface area contributed by atoms with Crippen LogP contribution in [-0.4, -0.2) is 16.9 Å². The van der Waals surface area contributed by atoms with Crippen molar-refractivity contribution in [2.24, 2.45) is 0 Å². The van der Waals surface area contributed by atoms with Gasteiger partial charge < -0.3 is 4.79 Å². The maximum atomic E-state index is 10.5. The van der Waals surface area contributed by atoms with Gasteiger partial charge in [-0.2, -0.15) is 0 Å². The van der Waals surface area contributed by atoms with E-state index in [0.29, 0.717) is 18.2 Å². The third-order valence-corrected chi connectivity index (χ3v) is 1.53. The molecule has 0 heterocycles. The molecule has 0 atom stereocenters. The van der Waals surface area contributed by atoms with E-state index in [0.717, 1.165) is 0 Å². The minimum atomic E-state index is 0.0734. The number of carbonyl (C=O) groups is 2. The topological polar surface area (TPSA) is 34.1 Å². The monoisotopic (exact) mass is 192 g/mol. The summed E-state index contributed by atoms with van der Waals surface area (Å²) in [6, 6.07) is 0. The molecule has 0 bridgehead atoms. The van der Waals surface area contributed by atoms with Crippen molar-refractivity contribution in [2.45, 2.75) is 19.8 Å². The quantitative estimate of drug-likeness (QED) is 0.631. The third-order valence-electron chi connectivity index (χ3n) is 0.905. The van der Waals surface area contributed by atoms with Gasteiger partial charge in [0.1, 0.15) is 11.6 Å². The van der Waals surface area contributed by atoms with Gasteiger partial charge in [-0.25, -0.2) is 0 Å². The summed E-state index contributed by atoms with van der Waals surface area (Å²) >= 11 is 3.00. The molecule has 0 aromatic carbocycles. The average molecular weight is 193 g/mol. The van der Waals surface area contributed by atoms with Gasteiger partial charge in [-0.3, -0.25) is 4.79 Å². The molecular weight excluding hydrogens is 184 g/mol. The molecule has 0 aliphatic carbocycles. The zero-order valence-electron chi connectivity index (χ0n) is 5.32. The van der Waals surface area contributed by atoms with Crippen molar-refractivity contribution in [1.29, 1.82) is 0 Å². The highest BCUT2D eigenvalue weighted by Crippen LogP contribution is 1.94. The Balaban J connectivity index is 3.28. The third kappa shape index (κ3) is 5.69. The summed E-state index contributed by atoms with van der Waals surface area (Å²) in [5.74, 6) is 0.162. The van der Waals surface area contributed by atoms with Crippen molar-refractivity contribution in [3.8, 4) is 0 Å². The maximum Gasteiger partial charge on any atom is 0.143 e. The van der Waals surface area contributed by atoms with Crippen molar-refractivity contribution in [3.63, 3.8) is 0 Å². The smallest absolute Gasteiger partial charge is 0.143 e. The molecule has 0 spiro atoms. The highest BCUT2D eigenvalue weighted by Gasteiger charge is 1.99. The average Bonchev–Trinajstić information content (AvgIpc) is 1.83. The van der Waals surface area contributed by atoms with E-state index < -0.39 is 0 Å². The standard InChI is InChI=1S/C6H9BrO2/c1-5(8)2-3-6(9)4-7/h2-4H2,1H3. The second-order valence-electron chi connectivity index (χ2n) is 1.87. The fourth-order valence-corrected chi connectivity index (χ4v) is 0.663. The molecule has 0 aromatic heterocycles. The van der Waals surface area contributed by atoms with Gasteiger partial charge in [0.15, 0.2) is 0 Å². The minimum Gasteiger partial charge on any atom is -0.300 e. The van der Waals surface area contributed by atoms with Crippen LogP contribution in [0.2, 0.25) is 0 Å². The van der Waals surface area contributed by atoms with Gasteiger partial charge >= 0.3 is 0 Å². The molecule has 2 nitrogen and oxygen atoms in total. The predicted octanol–water partition coefficient (Wildman–Crippen LogP) is 1.32. The first kappa shape index (κ1) is 8.82. The summed E-state index contributed by atoms with van der Waals surface area (Å²) < 4.78 is 0. The van der Waals surface area contributed by atoms with Gasteiger partial charge in [0.25, 0.3) is 0 Å². The van der Waals surface area contributed by atoms with Crippen LogP contribution in [0, 0.1) is 0 Å². The van der Waals surface area contributed by atoms with Crippen molar-refractivity contribution in [1.82, 2.24) is 0 Å². The summed E-state index contributed by atoms with van der Waals surface area (Å²) in [6.07, 6.45) is 0.755. The Morgan fingerprint density at radius 2 is 1.89 bits per heavy atom. The molecule has 0 rings (SSSR count). The number of hydrogen-bond acceptors (Lipinski definition) is 2. The SMILES string of the molecule is CC(=O)CCC(=O)CBr. The zero-order chi connectivity index (χ0) is 7.28. The second kappa shape index (κ2) is 4.68. The Labute approximate surface area is 62.8 Å². The van der Waals surface area contributed by atoms with Crippen LogP contribution in [0.4, 0.5) is 0 Å². The molecule has 0 aliphatic rings. The minimum absolute atomic E-state index is 0.0734. The number of alkyl halides is 1. The van der Waals surface area contributed by atoms with E-state index in [2.05, 4.69) is 15.9 Å². The van der Waals surface area contributed by atoms with Gasteiger partial charge in [0, 0.05) is 12.8 Å². The Morgan fingerprint density at radius 3 is 2.22 bits per heavy atom. The first-order valence-corrected chi connectivity index (χ1v) is 3.86. The van der Waals surface area contributed by atoms with Gasteiger partial charge in [-0.15, -0.1) is 0 Å². The molecule has 0 aliphatic heterocycles. The Morgan fingerprint density at radius 1 is 1.33 bits per heavy atom. The Bertz CT molecular complexity index is 120. The van der Waals surface area contributed by atoms with Gasteiger partial charge in [-0.05, 0) is 6.92 Å². The molecule has 0 N–H and O–H groups in total. The van der Waals surface area contributed by atoms with E-state index >= 15 is 0 Å². The molecular formula is C6H9BrO2. The molecule has 0 saturated carbocycles. The molecule has 0 unspecified atom stereocenters. The van der Waals surface area contributed by atoms with Crippen molar-refractivity contribution >= 4 is 27.5 Å².